The predicted octanol–water partition coefficient (Wildman–Crippen LogP) is 4.17. The number of methoxy groups -OCH3 is 3. The van der Waals surface area contributed by atoms with E-state index in [0.717, 1.165) is 31.6 Å². The maximum absolute atomic E-state index is 12.4. The van der Waals surface area contributed by atoms with Crippen molar-refractivity contribution in [2.24, 2.45) is 0 Å². The topological polar surface area (TPSA) is 57.2 Å². The molecule has 0 spiro atoms. The zero-order valence-corrected chi connectivity index (χ0v) is 19.5. The Hall–Kier alpha value is -2.44. The number of hydrogen-bond acceptors (Lipinski definition) is 6. The van der Waals surface area contributed by atoms with Crippen molar-refractivity contribution in [2.75, 3.05) is 41.0 Å². The number of rotatable bonds is 9. The van der Waals surface area contributed by atoms with Crippen LogP contribution in [0.15, 0.2) is 36.4 Å². The number of aryl methyl sites for hydroxylation is 1. The first kappa shape index (κ1) is 24.8. The number of fused-ring (bicyclic) bond motifs is 1. The van der Waals surface area contributed by atoms with E-state index in [1.807, 2.05) is 6.07 Å². The minimum atomic E-state index is -0.354. The summed E-state index contributed by atoms with van der Waals surface area (Å²) in [5, 5.41) is 0. The van der Waals surface area contributed by atoms with Crippen LogP contribution >= 0.6 is 12.4 Å². The van der Waals surface area contributed by atoms with E-state index in [9.17, 15) is 4.79 Å². The monoisotopic (exact) mass is 449 g/mol. The molecular formula is C24H32ClNO5. The summed E-state index contributed by atoms with van der Waals surface area (Å²) in [5.74, 6) is 1.66. The molecule has 1 atom stereocenters. The quantitative estimate of drug-likeness (QED) is 0.535. The molecule has 0 radical (unpaired) electrons. The maximum atomic E-state index is 12.4. The highest BCUT2D eigenvalue weighted by Gasteiger charge is 2.24. The highest BCUT2D eigenvalue weighted by Crippen LogP contribution is 2.29. The molecule has 2 aromatic rings. The molecule has 0 amide bonds. The third-order valence-corrected chi connectivity index (χ3v) is 5.77. The summed E-state index contributed by atoms with van der Waals surface area (Å²) in [6, 6.07) is 11.8. The van der Waals surface area contributed by atoms with Gasteiger partial charge in [-0.3, -0.25) is 4.90 Å². The van der Waals surface area contributed by atoms with Gasteiger partial charge >= 0.3 is 5.97 Å². The van der Waals surface area contributed by atoms with Gasteiger partial charge < -0.3 is 18.9 Å². The fraction of sp³-hybridized carbons (Fsp3) is 0.458. The largest absolute Gasteiger partial charge is 0.497 e. The van der Waals surface area contributed by atoms with Crippen LogP contribution < -0.4 is 14.2 Å². The van der Waals surface area contributed by atoms with Crippen molar-refractivity contribution in [3.63, 3.8) is 0 Å². The molecule has 0 aliphatic heterocycles. The van der Waals surface area contributed by atoms with Crippen LogP contribution in [0.5, 0.6) is 17.2 Å². The molecule has 0 N–H and O–H groups in total. The molecular weight excluding hydrogens is 418 g/mol. The van der Waals surface area contributed by atoms with E-state index in [0.29, 0.717) is 36.3 Å². The Morgan fingerprint density at radius 1 is 1.00 bits per heavy atom. The molecule has 1 unspecified atom stereocenters. The minimum Gasteiger partial charge on any atom is -0.497 e. The molecule has 0 saturated carbocycles. The van der Waals surface area contributed by atoms with Gasteiger partial charge in [-0.15, -0.1) is 12.4 Å². The highest BCUT2D eigenvalue weighted by molar-refractivity contribution is 5.90. The van der Waals surface area contributed by atoms with Crippen molar-refractivity contribution in [1.82, 2.24) is 4.90 Å². The fourth-order valence-corrected chi connectivity index (χ4v) is 4.05. The van der Waals surface area contributed by atoms with Gasteiger partial charge in [0.15, 0.2) is 11.5 Å². The van der Waals surface area contributed by atoms with Crippen LogP contribution in [0.3, 0.4) is 0 Å². The van der Waals surface area contributed by atoms with E-state index >= 15 is 0 Å². The first-order valence-electron chi connectivity index (χ1n) is 10.4. The Bertz CT molecular complexity index is 873. The molecule has 0 heterocycles. The van der Waals surface area contributed by atoms with Crippen LogP contribution in [0.1, 0.15) is 34.8 Å². The van der Waals surface area contributed by atoms with Gasteiger partial charge in [0.1, 0.15) is 12.4 Å². The smallest absolute Gasteiger partial charge is 0.338 e. The molecule has 0 aromatic heterocycles. The normalized spacial score (nSPS) is 14.9. The summed E-state index contributed by atoms with van der Waals surface area (Å²) in [4.78, 5) is 14.8. The number of carbonyl (C=O) groups excluding carboxylic acids is 1. The van der Waals surface area contributed by atoms with Crippen LogP contribution in [0, 0.1) is 0 Å². The Labute approximate surface area is 190 Å². The molecule has 3 rings (SSSR count). The number of ether oxygens (including phenoxy) is 4. The van der Waals surface area contributed by atoms with Crippen molar-refractivity contribution >= 4 is 18.4 Å². The number of nitrogens with zero attached hydrogens (tertiary/aromatic N) is 1. The van der Waals surface area contributed by atoms with E-state index in [4.69, 9.17) is 18.9 Å². The second-order valence-electron chi connectivity index (χ2n) is 7.37. The number of likely N-dealkylation sites (N-methyl/N-ethyl adjacent to an activating group) is 1. The number of halogens is 1. The molecule has 7 heteroatoms. The third kappa shape index (κ3) is 6.05. The van der Waals surface area contributed by atoms with Gasteiger partial charge in [0.25, 0.3) is 0 Å². The Balaban J connectivity index is 0.00000341. The number of benzene rings is 2. The fourth-order valence-electron chi connectivity index (χ4n) is 4.05. The van der Waals surface area contributed by atoms with Crippen LogP contribution in [0.4, 0.5) is 0 Å². The summed E-state index contributed by atoms with van der Waals surface area (Å²) >= 11 is 0. The van der Waals surface area contributed by atoms with Gasteiger partial charge in [-0.05, 0) is 67.3 Å². The average molecular weight is 450 g/mol. The molecule has 0 bridgehead atoms. The minimum absolute atomic E-state index is 0. The lowest BCUT2D eigenvalue weighted by Crippen LogP contribution is -2.41. The van der Waals surface area contributed by atoms with Crippen LogP contribution in [0.25, 0.3) is 0 Å². The zero-order valence-electron chi connectivity index (χ0n) is 18.7. The van der Waals surface area contributed by atoms with Crippen LogP contribution in [-0.2, 0) is 17.6 Å². The first-order chi connectivity index (χ1) is 14.6. The highest BCUT2D eigenvalue weighted by atomic mass is 35.5. The van der Waals surface area contributed by atoms with Crippen molar-refractivity contribution in [3.8, 4) is 17.2 Å². The Morgan fingerprint density at radius 3 is 2.45 bits per heavy atom. The maximum Gasteiger partial charge on any atom is 0.338 e. The van der Waals surface area contributed by atoms with Gasteiger partial charge in [-0.1, -0.05) is 13.0 Å². The number of carbonyl (C=O) groups is 1. The van der Waals surface area contributed by atoms with Gasteiger partial charge in [0.05, 0.1) is 26.9 Å². The predicted molar refractivity (Wildman–Crippen MR) is 123 cm³/mol. The van der Waals surface area contributed by atoms with Gasteiger partial charge in [0, 0.05) is 12.6 Å². The summed E-state index contributed by atoms with van der Waals surface area (Å²) in [6.45, 7) is 4.14. The third-order valence-electron chi connectivity index (χ3n) is 5.77. The average Bonchev–Trinajstić information content (AvgIpc) is 2.80. The van der Waals surface area contributed by atoms with Crippen LogP contribution in [-0.4, -0.2) is 57.9 Å². The summed E-state index contributed by atoms with van der Waals surface area (Å²) in [7, 11) is 4.81. The molecule has 170 valence electrons. The molecule has 1 aliphatic carbocycles. The summed E-state index contributed by atoms with van der Waals surface area (Å²) < 4.78 is 21.3. The van der Waals surface area contributed by atoms with Crippen molar-refractivity contribution in [1.29, 1.82) is 0 Å². The van der Waals surface area contributed by atoms with E-state index in [2.05, 4.69) is 24.0 Å². The first-order valence-corrected chi connectivity index (χ1v) is 10.4. The van der Waals surface area contributed by atoms with Gasteiger partial charge in [0.2, 0.25) is 0 Å². The number of hydrogen-bond donors (Lipinski definition) is 0. The molecule has 31 heavy (non-hydrogen) atoms. The van der Waals surface area contributed by atoms with Crippen molar-refractivity contribution in [2.45, 2.75) is 32.2 Å². The summed E-state index contributed by atoms with van der Waals surface area (Å²) in [5.41, 5.74) is 3.21. The molecule has 0 saturated heterocycles. The van der Waals surface area contributed by atoms with E-state index < -0.39 is 0 Å². The lowest BCUT2D eigenvalue weighted by Gasteiger charge is -2.34. The lowest BCUT2D eigenvalue weighted by atomic mass is 9.87. The SMILES string of the molecule is CCN(CCOC(=O)c1ccc(OC)c(OC)c1)C1CCc2cc(OC)ccc2C1.Cl. The lowest BCUT2D eigenvalue weighted by molar-refractivity contribution is 0.0432. The second kappa shape index (κ2) is 11.8. The van der Waals surface area contributed by atoms with Gasteiger partial charge in [-0.25, -0.2) is 4.79 Å². The summed E-state index contributed by atoms with van der Waals surface area (Å²) in [6.07, 6.45) is 3.15. The van der Waals surface area contributed by atoms with Crippen molar-refractivity contribution < 1.29 is 23.7 Å². The standard InChI is InChI=1S/C24H31NO5.ClH/c1-5-25(20-9-6-18-15-21(27-2)10-7-17(18)14-20)12-13-30-24(26)19-8-11-22(28-3)23(16-19)29-4;/h7-8,10-11,15-16,20H,5-6,9,12-14H2,1-4H3;1H. The van der Waals surface area contributed by atoms with Crippen LogP contribution in [0.2, 0.25) is 0 Å². The Kier molecular flexibility index (Phi) is 9.46. The van der Waals surface area contributed by atoms with Crippen molar-refractivity contribution in [3.05, 3.63) is 53.1 Å². The molecule has 1 aliphatic rings. The molecule has 0 fully saturated rings. The zero-order chi connectivity index (χ0) is 21.5. The molecule has 6 nitrogen and oxygen atoms in total. The van der Waals surface area contributed by atoms with E-state index in [1.165, 1.54) is 11.1 Å². The second-order valence-corrected chi connectivity index (χ2v) is 7.37. The van der Waals surface area contributed by atoms with E-state index in [1.54, 1.807) is 39.5 Å². The Morgan fingerprint density at radius 2 is 1.77 bits per heavy atom. The molecule has 2 aromatic carbocycles. The van der Waals surface area contributed by atoms with E-state index in [-0.39, 0.29) is 18.4 Å². The number of esters is 1. The van der Waals surface area contributed by atoms with Gasteiger partial charge in [-0.2, -0.15) is 0 Å².